The van der Waals surface area contributed by atoms with Gasteiger partial charge in [-0.2, -0.15) is 0 Å². The molecule has 2 N–H and O–H groups in total. The van der Waals surface area contributed by atoms with Crippen molar-refractivity contribution in [3.8, 4) is 11.5 Å². The van der Waals surface area contributed by atoms with Crippen LogP contribution in [0.4, 0.5) is 0 Å². The Morgan fingerprint density at radius 2 is 2.29 bits per heavy atom. The van der Waals surface area contributed by atoms with Crippen LogP contribution in [-0.4, -0.2) is 24.8 Å². The maximum absolute atomic E-state index is 12.4. The van der Waals surface area contributed by atoms with Crippen LogP contribution in [0.2, 0.25) is 0 Å². The molecule has 0 radical (unpaired) electrons. The second-order valence-electron chi connectivity index (χ2n) is 5.30. The van der Waals surface area contributed by atoms with Gasteiger partial charge in [0.15, 0.2) is 11.5 Å². The van der Waals surface area contributed by atoms with E-state index in [1.54, 1.807) is 0 Å². The fourth-order valence-corrected chi connectivity index (χ4v) is 2.94. The number of nitrogens with one attached hydrogen (secondary N) is 2. The van der Waals surface area contributed by atoms with E-state index in [4.69, 9.17) is 9.47 Å². The first-order valence-electron chi connectivity index (χ1n) is 7.16. The zero-order valence-corrected chi connectivity index (χ0v) is 12.9. The number of amides is 1. The molecule has 1 fully saturated rings. The molecule has 1 amide bonds. The van der Waals surface area contributed by atoms with Crippen molar-refractivity contribution < 1.29 is 14.3 Å². The molecular formula is C15H21ClN2O3. The second-order valence-corrected chi connectivity index (χ2v) is 5.30. The fraction of sp³-hybridized carbons (Fsp3) is 0.533. The molecule has 1 unspecified atom stereocenters. The molecule has 0 saturated carbocycles. The molecule has 1 saturated heterocycles. The van der Waals surface area contributed by atoms with Gasteiger partial charge in [-0.05, 0) is 31.9 Å². The molecule has 2 aliphatic heterocycles. The van der Waals surface area contributed by atoms with Crippen molar-refractivity contribution in [2.75, 3.05) is 13.3 Å². The van der Waals surface area contributed by atoms with Crippen LogP contribution in [0.5, 0.6) is 11.5 Å². The van der Waals surface area contributed by atoms with Crippen molar-refractivity contribution in [1.29, 1.82) is 0 Å². The second kappa shape index (κ2) is 6.54. The quantitative estimate of drug-likeness (QED) is 0.892. The van der Waals surface area contributed by atoms with Crippen molar-refractivity contribution in [3.05, 3.63) is 23.8 Å². The Morgan fingerprint density at radius 1 is 1.43 bits per heavy atom. The molecule has 1 aromatic rings. The van der Waals surface area contributed by atoms with Crippen LogP contribution in [0.3, 0.4) is 0 Å². The maximum atomic E-state index is 12.4. The van der Waals surface area contributed by atoms with Crippen LogP contribution in [0, 0.1) is 0 Å². The van der Waals surface area contributed by atoms with Crippen molar-refractivity contribution in [1.82, 2.24) is 10.6 Å². The van der Waals surface area contributed by atoms with E-state index in [2.05, 4.69) is 17.6 Å². The fourth-order valence-electron chi connectivity index (χ4n) is 2.94. The van der Waals surface area contributed by atoms with E-state index < -0.39 is 5.54 Å². The Morgan fingerprint density at radius 3 is 3.00 bits per heavy atom. The molecule has 116 valence electrons. The van der Waals surface area contributed by atoms with Crippen molar-refractivity contribution in [3.63, 3.8) is 0 Å². The molecule has 0 spiro atoms. The lowest BCUT2D eigenvalue weighted by Gasteiger charge is -2.26. The van der Waals surface area contributed by atoms with Gasteiger partial charge in [0.25, 0.3) is 0 Å². The molecule has 5 nitrogen and oxygen atoms in total. The van der Waals surface area contributed by atoms with Gasteiger partial charge in [0, 0.05) is 12.1 Å². The molecule has 21 heavy (non-hydrogen) atoms. The average Bonchev–Trinajstić information content (AvgIpc) is 3.13. The maximum Gasteiger partial charge on any atom is 0.240 e. The third-order valence-electron chi connectivity index (χ3n) is 4.20. The van der Waals surface area contributed by atoms with Crippen LogP contribution in [0.25, 0.3) is 0 Å². The highest BCUT2D eigenvalue weighted by Crippen LogP contribution is 2.35. The average molecular weight is 313 g/mol. The number of hydrogen-bond donors (Lipinski definition) is 2. The minimum atomic E-state index is -0.394. The third-order valence-corrected chi connectivity index (χ3v) is 4.20. The standard InChI is InChI=1S/C15H20N2O3.ClH/c1-2-15(7-4-8-17-15)14(18)16-9-11-5-3-6-12-13(11)20-10-19-12;/h3,5-6,17H,2,4,7-10H2,1H3,(H,16,18);1H. The van der Waals surface area contributed by atoms with Gasteiger partial charge in [0.2, 0.25) is 12.7 Å². The number of hydrogen-bond acceptors (Lipinski definition) is 4. The van der Waals surface area contributed by atoms with Gasteiger partial charge >= 0.3 is 0 Å². The first-order chi connectivity index (χ1) is 9.75. The Bertz CT molecular complexity index is 516. The summed E-state index contributed by atoms with van der Waals surface area (Å²) in [5.41, 5.74) is 0.563. The SMILES string of the molecule is CCC1(C(=O)NCc2cccc3c2OCO3)CCCN1.Cl. The Balaban J connectivity index is 0.00000161. The minimum Gasteiger partial charge on any atom is -0.454 e. The van der Waals surface area contributed by atoms with Crippen molar-refractivity contribution in [2.24, 2.45) is 0 Å². The van der Waals surface area contributed by atoms with Gasteiger partial charge in [-0.15, -0.1) is 12.4 Å². The van der Waals surface area contributed by atoms with E-state index in [9.17, 15) is 4.79 Å². The number of rotatable bonds is 4. The van der Waals surface area contributed by atoms with Gasteiger partial charge in [0.05, 0.1) is 5.54 Å². The molecule has 3 rings (SSSR count). The van der Waals surface area contributed by atoms with E-state index in [0.29, 0.717) is 6.54 Å². The van der Waals surface area contributed by atoms with Crippen molar-refractivity contribution in [2.45, 2.75) is 38.3 Å². The Hall–Kier alpha value is -1.46. The van der Waals surface area contributed by atoms with Crippen LogP contribution in [0.1, 0.15) is 31.7 Å². The predicted octanol–water partition coefficient (Wildman–Crippen LogP) is 1.99. The van der Waals surface area contributed by atoms with Crippen LogP contribution >= 0.6 is 12.4 Å². The summed E-state index contributed by atoms with van der Waals surface area (Å²) in [6.45, 7) is 3.68. The lowest BCUT2D eigenvalue weighted by molar-refractivity contribution is -0.127. The highest BCUT2D eigenvalue weighted by Gasteiger charge is 2.38. The molecule has 6 heteroatoms. The number of benzene rings is 1. The normalized spacial score (nSPS) is 22.7. The topological polar surface area (TPSA) is 59.6 Å². The van der Waals surface area contributed by atoms with Gasteiger partial charge < -0.3 is 20.1 Å². The molecule has 1 atom stereocenters. The molecule has 2 heterocycles. The molecular weight excluding hydrogens is 292 g/mol. The van der Waals surface area contributed by atoms with Gasteiger partial charge in [-0.1, -0.05) is 19.1 Å². The summed E-state index contributed by atoms with van der Waals surface area (Å²) >= 11 is 0. The summed E-state index contributed by atoms with van der Waals surface area (Å²) in [6, 6.07) is 5.74. The zero-order valence-electron chi connectivity index (χ0n) is 12.1. The largest absolute Gasteiger partial charge is 0.454 e. The number of ether oxygens (including phenoxy) is 2. The highest BCUT2D eigenvalue weighted by atomic mass is 35.5. The smallest absolute Gasteiger partial charge is 0.240 e. The summed E-state index contributed by atoms with van der Waals surface area (Å²) in [7, 11) is 0. The summed E-state index contributed by atoms with van der Waals surface area (Å²) in [5, 5.41) is 6.37. The van der Waals surface area contributed by atoms with E-state index >= 15 is 0 Å². The van der Waals surface area contributed by atoms with Crippen LogP contribution in [0.15, 0.2) is 18.2 Å². The zero-order chi connectivity index (χ0) is 14.0. The Labute approximate surface area is 130 Å². The first kappa shape index (κ1) is 15.9. The number of fused-ring (bicyclic) bond motifs is 1. The van der Waals surface area contributed by atoms with Gasteiger partial charge in [-0.25, -0.2) is 0 Å². The number of carbonyl (C=O) groups is 1. The van der Waals surface area contributed by atoms with Gasteiger partial charge in [-0.3, -0.25) is 4.79 Å². The van der Waals surface area contributed by atoms with Crippen LogP contribution < -0.4 is 20.1 Å². The van der Waals surface area contributed by atoms with Crippen molar-refractivity contribution >= 4 is 18.3 Å². The number of para-hydroxylation sites is 1. The van der Waals surface area contributed by atoms with E-state index in [1.165, 1.54) is 0 Å². The third kappa shape index (κ3) is 2.94. The minimum absolute atomic E-state index is 0. The predicted molar refractivity (Wildman–Crippen MR) is 81.9 cm³/mol. The van der Waals surface area contributed by atoms with Crippen LogP contribution in [-0.2, 0) is 11.3 Å². The molecule has 0 aliphatic carbocycles. The van der Waals surface area contributed by atoms with Gasteiger partial charge in [0.1, 0.15) is 0 Å². The monoisotopic (exact) mass is 312 g/mol. The lowest BCUT2D eigenvalue weighted by atomic mass is 9.93. The number of carbonyl (C=O) groups excluding carboxylic acids is 1. The molecule has 1 aromatic carbocycles. The molecule has 2 aliphatic rings. The lowest BCUT2D eigenvalue weighted by Crippen LogP contribution is -2.52. The number of halogens is 1. The van der Waals surface area contributed by atoms with E-state index in [1.807, 2.05) is 18.2 Å². The summed E-state index contributed by atoms with van der Waals surface area (Å²) in [6.07, 6.45) is 2.77. The summed E-state index contributed by atoms with van der Waals surface area (Å²) in [5.74, 6) is 1.58. The summed E-state index contributed by atoms with van der Waals surface area (Å²) in [4.78, 5) is 12.4. The first-order valence-corrected chi connectivity index (χ1v) is 7.16. The molecule has 0 bridgehead atoms. The molecule has 0 aromatic heterocycles. The summed E-state index contributed by atoms with van der Waals surface area (Å²) < 4.78 is 10.8. The Kier molecular flexibility index (Phi) is 4.96. The highest BCUT2D eigenvalue weighted by molar-refractivity contribution is 5.86. The van der Waals surface area contributed by atoms with E-state index in [0.717, 1.165) is 42.9 Å². The van der Waals surface area contributed by atoms with E-state index in [-0.39, 0.29) is 25.1 Å².